The number of amides is 3. The first-order valence-corrected chi connectivity index (χ1v) is 5.65. The van der Waals surface area contributed by atoms with Crippen LogP contribution in [0.2, 0.25) is 0 Å². The van der Waals surface area contributed by atoms with Crippen molar-refractivity contribution in [2.24, 2.45) is 17.2 Å². The Balaban J connectivity index is 2.64. The van der Waals surface area contributed by atoms with Crippen LogP contribution >= 0.6 is 0 Å². The van der Waals surface area contributed by atoms with Crippen molar-refractivity contribution in [2.75, 3.05) is 19.6 Å². The summed E-state index contributed by atoms with van der Waals surface area (Å²) >= 11 is 0. The van der Waals surface area contributed by atoms with Crippen LogP contribution in [-0.4, -0.2) is 54.5 Å². The Morgan fingerprint density at radius 2 is 1.67 bits per heavy atom. The Hall–Kier alpha value is -1.67. The second-order valence-corrected chi connectivity index (χ2v) is 4.19. The zero-order valence-electron chi connectivity index (χ0n) is 10.0. The number of hydrogen-bond acceptors (Lipinski definition) is 5. The Morgan fingerprint density at radius 3 is 2.06 bits per heavy atom. The average Bonchev–Trinajstić information content (AvgIpc) is 2.74. The SMILES string of the molecule is NCC1CCC(C(=O)N(CC(N)=O)CC(N)=O)O1. The third-order valence-corrected chi connectivity index (χ3v) is 2.65. The van der Waals surface area contributed by atoms with Crippen molar-refractivity contribution < 1.29 is 19.1 Å². The Bertz CT molecular complexity index is 331. The smallest absolute Gasteiger partial charge is 0.252 e. The van der Waals surface area contributed by atoms with Gasteiger partial charge in [-0.1, -0.05) is 0 Å². The van der Waals surface area contributed by atoms with Crippen LogP contribution in [0.5, 0.6) is 0 Å². The number of rotatable bonds is 6. The van der Waals surface area contributed by atoms with Gasteiger partial charge in [-0.15, -0.1) is 0 Å². The predicted molar refractivity (Wildman–Crippen MR) is 61.9 cm³/mol. The monoisotopic (exact) mass is 258 g/mol. The van der Waals surface area contributed by atoms with Crippen LogP contribution in [0.15, 0.2) is 0 Å². The summed E-state index contributed by atoms with van der Waals surface area (Å²) in [7, 11) is 0. The first-order chi connectivity index (χ1) is 8.43. The van der Waals surface area contributed by atoms with Crippen LogP contribution in [0.1, 0.15) is 12.8 Å². The van der Waals surface area contributed by atoms with E-state index < -0.39 is 23.8 Å². The van der Waals surface area contributed by atoms with Crippen molar-refractivity contribution in [1.29, 1.82) is 0 Å². The molecule has 2 unspecified atom stereocenters. The van der Waals surface area contributed by atoms with E-state index >= 15 is 0 Å². The van der Waals surface area contributed by atoms with E-state index in [1.807, 2.05) is 0 Å². The van der Waals surface area contributed by atoms with Gasteiger partial charge in [0.05, 0.1) is 19.2 Å². The number of nitrogens with zero attached hydrogens (tertiary/aromatic N) is 1. The minimum atomic E-state index is -0.710. The molecule has 1 saturated heterocycles. The molecule has 0 saturated carbocycles. The van der Waals surface area contributed by atoms with E-state index in [0.717, 1.165) is 4.90 Å². The molecule has 0 bridgehead atoms. The Labute approximate surface area is 104 Å². The van der Waals surface area contributed by atoms with Crippen molar-refractivity contribution in [3.05, 3.63) is 0 Å². The summed E-state index contributed by atoms with van der Waals surface area (Å²) in [4.78, 5) is 34.7. The van der Waals surface area contributed by atoms with Crippen LogP contribution in [0.4, 0.5) is 0 Å². The molecule has 3 amide bonds. The van der Waals surface area contributed by atoms with Gasteiger partial charge in [-0.3, -0.25) is 14.4 Å². The minimum Gasteiger partial charge on any atom is -0.368 e. The number of carbonyl (C=O) groups excluding carboxylic acids is 3. The van der Waals surface area contributed by atoms with Gasteiger partial charge in [0.15, 0.2) is 0 Å². The fourth-order valence-electron chi connectivity index (χ4n) is 1.85. The largest absolute Gasteiger partial charge is 0.368 e. The summed E-state index contributed by atoms with van der Waals surface area (Å²) in [6.45, 7) is -0.376. The molecule has 0 spiro atoms. The highest BCUT2D eigenvalue weighted by atomic mass is 16.5. The molecule has 1 heterocycles. The standard InChI is InChI=1S/C10H18N4O4/c11-3-6-1-2-7(18-6)10(17)14(4-8(12)15)5-9(13)16/h6-7H,1-5,11H2,(H2,12,15)(H2,13,16). The van der Waals surface area contributed by atoms with Gasteiger partial charge < -0.3 is 26.8 Å². The van der Waals surface area contributed by atoms with E-state index in [-0.39, 0.29) is 19.2 Å². The normalized spacial score (nSPS) is 22.7. The summed E-state index contributed by atoms with van der Waals surface area (Å²) in [5.41, 5.74) is 15.5. The maximum Gasteiger partial charge on any atom is 0.252 e. The first-order valence-electron chi connectivity index (χ1n) is 5.65. The van der Waals surface area contributed by atoms with Crippen molar-refractivity contribution in [3.8, 4) is 0 Å². The molecule has 6 N–H and O–H groups in total. The highest BCUT2D eigenvalue weighted by Gasteiger charge is 2.33. The van der Waals surface area contributed by atoms with Crippen LogP contribution in [0.25, 0.3) is 0 Å². The summed E-state index contributed by atoms with van der Waals surface area (Å²) in [6, 6.07) is 0. The molecule has 18 heavy (non-hydrogen) atoms. The van der Waals surface area contributed by atoms with Gasteiger partial charge in [0, 0.05) is 6.54 Å². The average molecular weight is 258 g/mol. The van der Waals surface area contributed by atoms with Gasteiger partial charge in [0.2, 0.25) is 11.8 Å². The van der Waals surface area contributed by atoms with Crippen molar-refractivity contribution in [1.82, 2.24) is 4.90 Å². The second-order valence-electron chi connectivity index (χ2n) is 4.19. The lowest BCUT2D eigenvalue weighted by atomic mass is 10.2. The summed E-state index contributed by atoms with van der Waals surface area (Å²) in [5.74, 6) is -1.88. The van der Waals surface area contributed by atoms with Crippen LogP contribution < -0.4 is 17.2 Å². The number of nitrogens with two attached hydrogens (primary N) is 3. The number of primary amides is 2. The van der Waals surface area contributed by atoms with Crippen LogP contribution in [0, 0.1) is 0 Å². The molecule has 1 fully saturated rings. The summed E-state index contributed by atoms with van der Waals surface area (Å²) < 4.78 is 5.40. The number of ether oxygens (including phenoxy) is 1. The topological polar surface area (TPSA) is 142 Å². The molecule has 0 aromatic heterocycles. The molecular formula is C10H18N4O4. The molecule has 1 aliphatic rings. The summed E-state index contributed by atoms with van der Waals surface area (Å²) in [6.07, 6.45) is 0.336. The molecule has 0 aromatic rings. The van der Waals surface area contributed by atoms with Gasteiger partial charge in [0.25, 0.3) is 5.91 Å². The van der Waals surface area contributed by atoms with E-state index in [1.54, 1.807) is 0 Å². The minimum absolute atomic E-state index is 0.164. The molecule has 0 aliphatic carbocycles. The van der Waals surface area contributed by atoms with Gasteiger partial charge in [-0.2, -0.15) is 0 Å². The van der Waals surface area contributed by atoms with Gasteiger partial charge in [-0.25, -0.2) is 0 Å². The third kappa shape index (κ3) is 3.97. The summed E-state index contributed by atoms with van der Waals surface area (Å²) in [5, 5.41) is 0. The molecular weight excluding hydrogens is 240 g/mol. The molecule has 0 aromatic carbocycles. The van der Waals surface area contributed by atoms with E-state index in [4.69, 9.17) is 21.9 Å². The van der Waals surface area contributed by atoms with Gasteiger partial charge in [-0.05, 0) is 12.8 Å². The lowest BCUT2D eigenvalue weighted by Crippen LogP contribution is -2.47. The Kier molecular flexibility index (Phi) is 5.05. The quantitative estimate of drug-likeness (QED) is 0.475. The van der Waals surface area contributed by atoms with Crippen molar-refractivity contribution >= 4 is 17.7 Å². The van der Waals surface area contributed by atoms with E-state index in [0.29, 0.717) is 19.4 Å². The fraction of sp³-hybridized carbons (Fsp3) is 0.700. The van der Waals surface area contributed by atoms with E-state index in [9.17, 15) is 14.4 Å². The molecule has 1 rings (SSSR count). The lowest BCUT2D eigenvalue weighted by molar-refractivity contribution is -0.146. The highest BCUT2D eigenvalue weighted by molar-refractivity contribution is 5.90. The first kappa shape index (κ1) is 14.4. The van der Waals surface area contributed by atoms with Crippen LogP contribution in [-0.2, 0) is 19.1 Å². The molecule has 1 aliphatic heterocycles. The third-order valence-electron chi connectivity index (χ3n) is 2.65. The molecule has 8 heteroatoms. The van der Waals surface area contributed by atoms with Crippen LogP contribution in [0.3, 0.4) is 0 Å². The maximum absolute atomic E-state index is 12.0. The zero-order chi connectivity index (χ0) is 13.7. The van der Waals surface area contributed by atoms with Crippen molar-refractivity contribution in [2.45, 2.75) is 25.0 Å². The van der Waals surface area contributed by atoms with Crippen molar-refractivity contribution in [3.63, 3.8) is 0 Å². The van der Waals surface area contributed by atoms with E-state index in [1.165, 1.54) is 0 Å². The Morgan fingerprint density at radius 1 is 1.11 bits per heavy atom. The lowest BCUT2D eigenvalue weighted by Gasteiger charge is -2.23. The molecule has 2 atom stereocenters. The maximum atomic E-state index is 12.0. The van der Waals surface area contributed by atoms with E-state index in [2.05, 4.69) is 0 Å². The van der Waals surface area contributed by atoms with Gasteiger partial charge in [0.1, 0.15) is 6.10 Å². The fourth-order valence-corrected chi connectivity index (χ4v) is 1.85. The highest BCUT2D eigenvalue weighted by Crippen LogP contribution is 2.20. The predicted octanol–water partition coefficient (Wildman–Crippen LogP) is -2.71. The molecule has 0 radical (unpaired) electrons. The number of carbonyl (C=O) groups is 3. The van der Waals surface area contributed by atoms with Gasteiger partial charge >= 0.3 is 0 Å². The molecule has 8 nitrogen and oxygen atoms in total. The second kappa shape index (κ2) is 6.31. The zero-order valence-corrected chi connectivity index (χ0v) is 10.0. The number of hydrogen-bond donors (Lipinski definition) is 3. The molecule has 102 valence electrons.